The molecule has 7 heteroatoms. The lowest BCUT2D eigenvalue weighted by Crippen LogP contribution is -2.35. The van der Waals surface area contributed by atoms with Gasteiger partial charge >= 0.3 is 5.97 Å². The van der Waals surface area contributed by atoms with Crippen molar-refractivity contribution in [2.45, 2.75) is 25.7 Å². The van der Waals surface area contributed by atoms with Crippen LogP contribution in [0.5, 0.6) is 0 Å². The van der Waals surface area contributed by atoms with Crippen molar-refractivity contribution in [3.05, 3.63) is 28.6 Å². The minimum atomic E-state index is -0.535. The lowest BCUT2D eigenvalue weighted by molar-refractivity contribution is -0.134. The molecule has 0 bridgehead atoms. The SMILES string of the molecule is O=C(OCC(=O)N1CCCCCC1)c1csc(-c2cccs2)n1. The predicted molar refractivity (Wildman–Crippen MR) is 90.8 cm³/mol. The number of aromatic nitrogens is 1. The molecule has 0 saturated carbocycles. The molecule has 3 heterocycles. The number of hydrogen-bond acceptors (Lipinski definition) is 6. The van der Waals surface area contributed by atoms with Crippen LogP contribution in [0.25, 0.3) is 9.88 Å². The molecular weight excluding hydrogens is 332 g/mol. The number of esters is 1. The highest BCUT2D eigenvalue weighted by atomic mass is 32.1. The lowest BCUT2D eigenvalue weighted by Gasteiger charge is -2.19. The van der Waals surface area contributed by atoms with E-state index in [1.54, 1.807) is 21.6 Å². The lowest BCUT2D eigenvalue weighted by atomic mass is 10.2. The number of thiophene rings is 1. The molecule has 1 saturated heterocycles. The van der Waals surface area contributed by atoms with Crippen molar-refractivity contribution in [3.63, 3.8) is 0 Å². The first-order valence-electron chi connectivity index (χ1n) is 7.68. The summed E-state index contributed by atoms with van der Waals surface area (Å²) in [4.78, 5) is 31.2. The van der Waals surface area contributed by atoms with Gasteiger partial charge in [-0.15, -0.1) is 22.7 Å². The fourth-order valence-corrected chi connectivity index (χ4v) is 4.10. The van der Waals surface area contributed by atoms with Gasteiger partial charge in [0, 0.05) is 18.5 Å². The third kappa shape index (κ3) is 4.17. The largest absolute Gasteiger partial charge is 0.451 e. The number of likely N-dealkylation sites (tertiary alicyclic amines) is 1. The molecule has 1 amide bonds. The predicted octanol–water partition coefficient (Wildman–Crippen LogP) is 3.43. The summed E-state index contributed by atoms with van der Waals surface area (Å²) in [6, 6.07) is 3.90. The van der Waals surface area contributed by atoms with Gasteiger partial charge in [0.05, 0.1) is 4.88 Å². The zero-order chi connectivity index (χ0) is 16.1. The van der Waals surface area contributed by atoms with E-state index in [1.807, 2.05) is 17.5 Å². The zero-order valence-electron chi connectivity index (χ0n) is 12.7. The first-order chi connectivity index (χ1) is 11.2. The second-order valence-corrected chi connectivity index (χ2v) is 7.19. The van der Waals surface area contributed by atoms with Crippen LogP contribution in [-0.2, 0) is 9.53 Å². The standard InChI is InChI=1S/C16H18N2O3S2/c19-14(18-7-3-1-2-4-8-18)10-21-16(20)12-11-23-15(17-12)13-6-5-9-22-13/h5-6,9,11H,1-4,7-8,10H2. The smallest absolute Gasteiger partial charge is 0.358 e. The number of amides is 1. The second-order valence-electron chi connectivity index (χ2n) is 5.39. The molecule has 2 aromatic rings. The number of thiazole rings is 1. The maximum atomic E-state index is 12.1. The van der Waals surface area contributed by atoms with Crippen LogP contribution in [0.4, 0.5) is 0 Å². The van der Waals surface area contributed by atoms with Gasteiger partial charge < -0.3 is 9.64 Å². The van der Waals surface area contributed by atoms with Gasteiger partial charge in [0.25, 0.3) is 5.91 Å². The van der Waals surface area contributed by atoms with Crippen LogP contribution in [0.1, 0.15) is 36.2 Å². The average molecular weight is 350 g/mol. The summed E-state index contributed by atoms with van der Waals surface area (Å²) in [5.41, 5.74) is 0.266. The molecule has 122 valence electrons. The van der Waals surface area contributed by atoms with Gasteiger partial charge in [0.2, 0.25) is 0 Å². The van der Waals surface area contributed by atoms with Crippen molar-refractivity contribution in [2.24, 2.45) is 0 Å². The Morgan fingerprint density at radius 1 is 1.17 bits per heavy atom. The zero-order valence-corrected chi connectivity index (χ0v) is 14.3. The third-order valence-corrected chi connectivity index (χ3v) is 5.61. The van der Waals surface area contributed by atoms with E-state index in [-0.39, 0.29) is 18.2 Å². The normalized spacial score (nSPS) is 15.2. The Kier molecular flexibility index (Phi) is 5.40. The number of carbonyl (C=O) groups excluding carboxylic acids is 2. The van der Waals surface area contributed by atoms with Crippen molar-refractivity contribution in [2.75, 3.05) is 19.7 Å². The Hall–Kier alpha value is -1.73. The molecule has 0 aromatic carbocycles. The first-order valence-corrected chi connectivity index (χ1v) is 9.44. The highest BCUT2D eigenvalue weighted by Crippen LogP contribution is 2.27. The van der Waals surface area contributed by atoms with Gasteiger partial charge in [-0.25, -0.2) is 9.78 Å². The Morgan fingerprint density at radius 3 is 2.65 bits per heavy atom. The minimum absolute atomic E-state index is 0.117. The summed E-state index contributed by atoms with van der Waals surface area (Å²) in [6.45, 7) is 1.32. The molecule has 1 fully saturated rings. The summed E-state index contributed by atoms with van der Waals surface area (Å²) < 4.78 is 5.13. The molecule has 5 nitrogen and oxygen atoms in total. The van der Waals surface area contributed by atoms with Gasteiger partial charge in [-0.05, 0) is 24.3 Å². The van der Waals surface area contributed by atoms with E-state index >= 15 is 0 Å². The van der Waals surface area contributed by atoms with Crippen LogP contribution in [0, 0.1) is 0 Å². The topological polar surface area (TPSA) is 59.5 Å². The number of rotatable bonds is 4. The van der Waals surface area contributed by atoms with E-state index < -0.39 is 5.97 Å². The van der Waals surface area contributed by atoms with Crippen LogP contribution in [0.3, 0.4) is 0 Å². The van der Waals surface area contributed by atoms with Crippen molar-refractivity contribution in [3.8, 4) is 9.88 Å². The van der Waals surface area contributed by atoms with Crippen LogP contribution in [0.2, 0.25) is 0 Å². The molecule has 23 heavy (non-hydrogen) atoms. The Labute approximate surface area is 142 Å². The molecule has 1 aliphatic rings. The van der Waals surface area contributed by atoms with Crippen LogP contribution in [0.15, 0.2) is 22.9 Å². The van der Waals surface area contributed by atoms with E-state index in [4.69, 9.17) is 4.74 Å². The Balaban J connectivity index is 1.54. The molecule has 0 N–H and O–H groups in total. The average Bonchev–Trinajstić information content (AvgIpc) is 3.18. The molecule has 1 aliphatic heterocycles. The summed E-state index contributed by atoms with van der Waals surface area (Å²) in [6.07, 6.45) is 4.37. The highest BCUT2D eigenvalue weighted by molar-refractivity contribution is 7.20. The van der Waals surface area contributed by atoms with Crippen LogP contribution < -0.4 is 0 Å². The van der Waals surface area contributed by atoms with E-state index in [2.05, 4.69) is 4.98 Å². The monoisotopic (exact) mass is 350 g/mol. The summed E-state index contributed by atoms with van der Waals surface area (Å²) in [7, 11) is 0. The molecule has 0 aliphatic carbocycles. The molecule has 2 aromatic heterocycles. The van der Waals surface area contributed by atoms with Crippen molar-refractivity contribution in [1.82, 2.24) is 9.88 Å². The Morgan fingerprint density at radius 2 is 1.96 bits per heavy atom. The maximum absolute atomic E-state index is 12.1. The van der Waals surface area contributed by atoms with E-state index in [0.717, 1.165) is 48.7 Å². The molecule has 0 spiro atoms. The highest BCUT2D eigenvalue weighted by Gasteiger charge is 2.19. The fraction of sp³-hybridized carbons (Fsp3) is 0.438. The molecule has 3 rings (SSSR count). The van der Waals surface area contributed by atoms with Gasteiger partial charge in [-0.2, -0.15) is 0 Å². The van der Waals surface area contributed by atoms with Gasteiger partial charge in [-0.1, -0.05) is 18.9 Å². The fourth-order valence-electron chi connectivity index (χ4n) is 2.49. The van der Waals surface area contributed by atoms with Crippen LogP contribution >= 0.6 is 22.7 Å². The summed E-state index contributed by atoms with van der Waals surface area (Å²) in [5.74, 6) is -0.652. The maximum Gasteiger partial charge on any atom is 0.358 e. The van der Waals surface area contributed by atoms with Crippen molar-refractivity contribution in [1.29, 1.82) is 0 Å². The number of nitrogens with zero attached hydrogens (tertiary/aromatic N) is 2. The summed E-state index contributed by atoms with van der Waals surface area (Å²) in [5, 5.41) is 4.44. The summed E-state index contributed by atoms with van der Waals surface area (Å²) >= 11 is 2.98. The number of carbonyl (C=O) groups is 2. The third-order valence-electron chi connectivity index (χ3n) is 3.73. The van der Waals surface area contributed by atoms with E-state index in [0.29, 0.717) is 0 Å². The second kappa shape index (κ2) is 7.70. The van der Waals surface area contributed by atoms with Gasteiger partial charge in [-0.3, -0.25) is 4.79 Å². The van der Waals surface area contributed by atoms with Gasteiger partial charge in [0.15, 0.2) is 12.3 Å². The Bertz CT molecular complexity index is 659. The van der Waals surface area contributed by atoms with Crippen LogP contribution in [-0.4, -0.2) is 41.5 Å². The number of hydrogen-bond donors (Lipinski definition) is 0. The molecule has 0 unspecified atom stereocenters. The molecular formula is C16H18N2O3S2. The van der Waals surface area contributed by atoms with Crippen molar-refractivity contribution >= 4 is 34.6 Å². The van der Waals surface area contributed by atoms with Crippen molar-refractivity contribution < 1.29 is 14.3 Å². The molecule has 0 radical (unpaired) electrons. The molecule has 0 atom stereocenters. The minimum Gasteiger partial charge on any atom is -0.451 e. The van der Waals surface area contributed by atoms with E-state index in [9.17, 15) is 9.59 Å². The quantitative estimate of drug-likeness (QED) is 0.793. The first kappa shape index (κ1) is 16.1. The number of ether oxygens (including phenoxy) is 1. The van der Waals surface area contributed by atoms with E-state index in [1.165, 1.54) is 11.3 Å². The van der Waals surface area contributed by atoms with Gasteiger partial charge in [0.1, 0.15) is 5.01 Å².